The Morgan fingerprint density at radius 3 is 2.08 bits per heavy atom. The number of thiol groups is 1. The molecule has 3 aliphatic rings. The number of piperidine rings is 3. The standard InChI is InChI=1S/C19H37N3S2/c1-17(2)21-11-4-18(5-12-21)3-10-20-13-6-19(7-14-20)8-15-22(24-23)16-9-19/h17-18,23H,3-16H2,1-2H3. The lowest BCUT2D eigenvalue weighted by molar-refractivity contribution is 0.0533. The highest BCUT2D eigenvalue weighted by Crippen LogP contribution is 2.42. The summed E-state index contributed by atoms with van der Waals surface area (Å²) in [5, 5.41) is 0. The average Bonchev–Trinajstić information content (AvgIpc) is 2.62. The largest absolute Gasteiger partial charge is 0.303 e. The van der Waals surface area contributed by atoms with Crippen LogP contribution in [0.3, 0.4) is 0 Å². The van der Waals surface area contributed by atoms with Crippen LogP contribution >= 0.6 is 22.6 Å². The number of hydrogen-bond acceptors (Lipinski definition) is 5. The van der Waals surface area contributed by atoms with E-state index >= 15 is 0 Å². The van der Waals surface area contributed by atoms with Gasteiger partial charge in [0, 0.05) is 19.1 Å². The van der Waals surface area contributed by atoms with Gasteiger partial charge in [0.2, 0.25) is 0 Å². The zero-order valence-electron chi connectivity index (χ0n) is 15.8. The maximum atomic E-state index is 4.36. The minimum Gasteiger partial charge on any atom is -0.303 e. The normalized spacial score (nSPS) is 28.0. The molecule has 0 aromatic heterocycles. The van der Waals surface area contributed by atoms with Crippen LogP contribution in [0.4, 0.5) is 0 Å². The molecule has 5 heteroatoms. The third kappa shape index (κ3) is 5.06. The van der Waals surface area contributed by atoms with Crippen LogP contribution in [0.5, 0.6) is 0 Å². The molecular formula is C19H37N3S2. The smallest absolute Gasteiger partial charge is 0.0102 e. The molecule has 3 saturated heterocycles. The number of likely N-dealkylation sites (tertiary alicyclic amines) is 2. The van der Waals surface area contributed by atoms with E-state index in [1.807, 2.05) is 0 Å². The Bertz CT molecular complexity index is 365. The van der Waals surface area contributed by atoms with E-state index in [4.69, 9.17) is 0 Å². The second-order valence-electron chi connectivity index (χ2n) is 8.71. The quantitative estimate of drug-likeness (QED) is 0.441. The highest BCUT2D eigenvalue weighted by molar-refractivity contribution is 8.67. The fourth-order valence-electron chi connectivity index (χ4n) is 4.92. The monoisotopic (exact) mass is 371 g/mol. The molecule has 0 amide bonds. The maximum Gasteiger partial charge on any atom is 0.0102 e. The van der Waals surface area contributed by atoms with Gasteiger partial charge in [-0.15, -0.1) is 0 Å². The van der Waals surface area contributed by atoms with E-state index < -0.39 is 0 Å². The fraction of sp³-hybridized carbons (Fsp3) is 1.00. The van der Waals surface area contributed by atoms with E-state index in [1.165, 1.54) is 90.8 Å². The molecule has 0 aromatic rings. The summed E-state index contributed by atoms with van der Waals surface area (Å²) in [4.78, 5) is 5.41. The van der Waals surface area contributed by atoms with Crippen LogP contribution in [0.15, 0.2) is 0 Å². The molecule has 3 aliphatic heterocycles. The molecule has 0 aliphatic carbocycles. The van der Waals surface area contributed by atoms with E-state index in [0.29, 0.717) is 5.41 Å². The van der Waals surface area contributed by atoms with Crippen molar-refractivity contribution < 1.29 is 0 Å². The Morgan fingerprint density at radius 2 is 1.54 bits per heavy atom. The Morgan fingerprint density at radius 1 is 0.958 bits per heavy atom. The predicted molar refractivity (Wildman–Crippen MR) is 110 cm³/mol. The summed E-state index contributed by atoms with van der Waals surface area (Å²) in [7, 11) is 1.63. The predicted octanol–water partition coefficient (Wildman–Crippen LogP) is 4.17. The van der Waals surface area contributed by atoms with E-state index in [-0.39, 0.29) is 0 Å². The lowest BCUT2D eigenvalue weighted by Crippen LogP contribution is -2.46. The summed E-state index contributed by atoms with van der Waals surface area (Å²) in [5.41, 5.74) is 0.666. The van der Waals surface area contributed by atoms with Crippen molar-refractivity contribution in [3.8, 4) is 0 Å². The van der Waals surface area contributed by atoms with Crippen LogP contribution in [0, 0.1) is 11.3 Å². The average molecular weight is 372 g/mol. The third-order valence-electron chi connectivity index (χ3n) is 7.05. The van der Waals surface area contributed by atoms with Crippen molar-refractivity contribution in [3.63, 3.8) is 0 Å². The summed E-state index contributed by atoms with van der Waals surface area (Å²) in [5.74, 6) is 0.978. The minimum absolute atomic E-state index is 0.666. The molecule has 0 radical (unpaired) electrons. The lowest BCUT2D eigenvalue weighted by atomic mass is 9.71. The van der Waals surface area contributed by atoms with Crippen LogP contribution < -0.4 is 0 Å². The van der Waals surface area contributed by atoms with Gasteiger partial charge in [-0.3, -0.25) is 0 Å². The third-order valence-corrected chi connectivity index (χ3v) is 8.34. The van der Waals surface area contributed by atoms with Gasteiger partial charge in [-0.05, 0) is 114 Å². The van der Waals surface area contributed by atoms with E-state index in [1.54, 1.807) is 11.0 Å². The van der Waals surface area contributed by atoms with Crippen LogP contribution in [0.1, 0.15) is 58.8 Å². The second kappa shape index (κ2) is 8.98. The number of hydrogen-bond donors (Lipinski definition) is 1. The Balaban J connectivity index is 1.33. The summed E-state index contributed by atoms with van der Waals surface area (Å²) in [6.45, 7) is 13.8. The first kappa shape index (κ1) is 19.3. The van der Waals surface area contributed by atoms with Crippen LogP contribution in [0.25, 0.3) is 0 Å². The van der Waals surface area contributed by atoms with Crippen molar-refractivity contribution in [2.45, 2.75) is 64.8 Å². The molecule has 0 N–H and O–H groups in total. The molecular weight excluding hydrogens is 334 g/mol. The number of rotatable bonds is 5. The Kier molecular flexibility index (Phi) is 7.24. The zero-order valence-corrected chi connectivity index (χ0v) is 17.5. The molecule has 24 heavy (non-hydrogen) atoms. The molecule has 0 saturated carbocycles. The topological polar surface area (TPSA) is 9.72 Å². The summed E-state index contributed by atoms with van der Waals surface area (Å²) >= 11 is 4.36. The van der Waals surface area contributed by atoms with Gasteiger partial charge in [0.1, 0.15) is 0 Å². The van der Waals surface area contributed by atoms with Crippen molar-refractivity contribution in [3.05, 3.63) is 0 Å². The van der Waals surface area contributed by atoms with Gasteiger partial charge in [-0.25, -0.2) is 4.31 Å². The Hall–Kier alpha value is 0.580. The highest BCUT2D eigenvalue weighted by atomic mass is 33.1. The van der Waals surface area contributed by atoms with Gasteiger partial charge in [0.05, 0.1) is 0 Å². The SMILES string of the molecule is CC(C)N1CCC(CCN2CCC3(CC2)CCN(SS)CC3)CC1. The first-order valence-electron chi connectivity index (χ1n) is 10.1. The van der Waals surface area contributed by atoms with Crippen LogP contribution in [-0.4, -0.2) is 66.0 Å². The van der Waals surface area contributed by atoms with Crippen LogP contribution in [0.2, 0.25) is 0 Å². The fourth-order valence-corrected chi connectivity index (χ4v) is 5.75. The molecule has 0 atom stereocenters. The van der Waals surface area contributed by atoms with Gasteiger partial charge in [-0.2, -0.15) is 0 Å². The van der Waals surface area contributed by atoms with Crippen molar-refractivity contribution >= 4 is 22.6 Å². The van der Waals surface area contributed by atoms with E-state index in [0.717, 1.165) is 12.0 Å². The van der Waals surface area contributed by atoms with Gasteiger partial charge in [0.15, 0.2) is 0 Å². The van der Waals surface area contributed by atoms with E-state index in [9.17, 15) is 0 Å². The first-order chi connectivity index (χ1) is 11.6. The van der Waals surface area contributed by atoms with Crippen molar-refractivity contribution in [2.24, 2.45) is 11.3 Å². The van der Waals surface area contributed by atoms with Crippen molar-refractivity contribution in [1.82, 2.24) is 14.1 Å². The van der Waals surface area contributed by atoms with E-state index in [2.05, 4.69) is 39.6 Å². The molecule has 3 nitrogen and oxygen atoms in total. The van der Waals surface area contributed by atoms with Gasteiger partial charge < -0.3 is 9.80 Å². The molecule has 0 unspecified atom stereocenters. The molecule has 1 spiro atoms. The van der Waals surface area contributed by atoms with Gasteiger partial charge in [-0.1, -0.05) is 11.7 Å². The van der Waals surface area contributed by atoms with Gasteiger partial charge >= 0.3 is 0 Å². The highest BCUT2D eigenvalue weighted by Gasteiger charge is 2.37. The minimum atomic E-state index is 0.666. The summed E-state index contributed by atoms with van der Waals surface area (Å²) < 4.78 is 2.42. The first-order valence-corrected chi connectivity index (χ1v) is 12.0. The second-order valence-corrected chi connectivity index (χ2v) is 9.88. The number of nitrogens with zero attached hydrogens (tertiary/aromatic N) is 3. The van der Waals surface area contributed by atoms with Gasteiger partial charge in [0.25, 0.3) is 0 Å². The summed E-state index contributed by atoms with van der Waals surface area (Å²) in [6.07, 6.45) is 9.93. The lowest BCUT2D eigenvalue weighted by Gasteiger charge is -2.46. The molecule has 3 heterocycles. The molecule has 0 aromatic carbocycles. The van der Waals surface area contributed by atoms with Crippen molar-refractivity contribution in [1.29, 1.82) is 0 Å². The summed E-state index contributed by atoms with van der Waals surface area (Å²) in [6, 6.07) is 0.733. The molecule has 3 rings (SSSR count). The Labute approximate surface area is 158 Å². The molecule has 0 bridgehead atoms. The molecule has 140 valence electrons. The van der Waals surface area contributed by atoms with Crippen molar-refractivity contribution in [2.75, 3.05) is 45.8 Å². The molecule has 3 fully saturated rings. The van der Waals surface area contributed by atoms with Crippen LogP contribution in [-0.2, 0) is 0 Å². The maximum absolute atomic E-state index is 4.36. The zero-order chi connectivity index (χ0) is 17.0.